The van der Waals surface area contributed by atoms with Crippen molar-refractivity contribution >= 4 is 27.3 Å². The van der Waals surface area contributed by atoms with E-state index in [1.807, 2.05) is 11.3 Å². The molecule has 1 atom stereocenters. The summed E-state index contributed by atoms with van der Waals surface area (Å²) in [6.45, 7) is 2.20. The third kappa shape index (κ3) is 4.25. The zero-order chi connectivity index (χ0) is 12.8. The summed E-state index contributed by atoms with van der Waals surface area (Å²) < 4.78 is 0. The van der Waals surface area contributed by atoms with Crippen LogP contribution in [0, 0.1) is 6.92 Å². The van der Waals surface area contributed by atoms with Crippen LogP contribution in [-0.2, 0) is 12.8 Å². The van der Waals surface area contributed by atoms with Gasteiger partial charge in [0.1, 0.15) is 0 Å². The molecule has 1 heterocycles. The predicted molar refractivity (Wildman–Crippen MR) is 84.9 cm³/mol. The first-order valence-electron chi connectivity index (χ1n) is 6.46. The quantitative estimate of drug-likeness (QED) is 0.626. The fourth-order valence-electron chi connectivity index (χ4n) is 2.13. The zero-order valence-corrected chi connectivity index (χ0v) is 13.1. The maximum atomic E-state index is 3.82. The van der Waals surface area contributed by atoms with Gasteiger partial charge >= 0.3 is 0 Å². The van der Waals surface area contributed by atoms with Crippen LogP contribution in [0.15, 0.2) is 41.8 Å². The molecule has 2 heteroatoms. The first-order chi connectivity index (χ1) is 8.75. The standard InChI is InChI=1S/C16H19BrS/c1-13-6-2-3-7-14(13)12-15(17)8-4-9-16-10-5-11-18-16/h2-3,5-7,10-11,15H,4,8-9,12H2,1H3. The third-order valence-corrected chi connectivity index (χ3v) is 4.94. The molecule has 1 unspecified atom stereocenters. The monoisotopic (exact) mass is 322 g/mol. The third-order valence-electron chi connectivity index (χ3n) is 3.22. The molecule has 0 aliphatic carbocycles. The summed E-state index contributed by atoms with van der Waals surface area (Å²) in [5.74, 6) is 0. The summed E-state index contributed by atoms with van der Waals surface area (Å²) >= 11 is 5.68. The van der Waals surface area contributed by atoms with Crippen LogP contribution in [0.1, 0.15) is 28.8 Å². The van der Waals surface area contributed by atoms with Crippen LogP contribution < -0.4 is 0 Å². The van der Waals surface area contributed by atoms with E-state index in [1.165, 1.54) is 35.3 Å². The van der Waals surface area contributed by atoms with Crippen molar-refractivity contribution in [2.75, 3.05) is 0 Å². The largest absolute Gasteiger partial charge is 0.149 e. The molecule has 0 spiro atoms. The normalized spacial score (nSPS) is 12.6. The van der Waals surface area contributed by atoms with Crippen LogP contribution in [0.5, 0.6) is 0 Å². The number of hydrogen-bond donors (Lipinski definition) is 0. The average molecular weight is 323 g/mol. The number of halogens is 1. The Bertz CT molecular complexity index is 462. The highest BCUT2D eigenvalue weighted by atomic mass is 79.9. The Morgan fingerprint density at radius 3 is 2.72 bits per heavy atom. The molecule has 1 aromatic carbocycles. The molecule has 96 valence electrons. The topological polar surface area (TPSA) is 0 Å². The van der Waals surface area contributed by atoms with Gasteiger partial charge in [0.05, 0.1) is 0 Å². The highest BCUT2D eigenvalue weighted by Crippen LogP contribution is 2.20. The highest BCUT2D eigenvalue weighted by Gasteiger charge is 2.07. The number of alkyl halides is 1. The number of aryl methyl sites for hydroxylation is 2. The van der Waals surface area contributed by atoms with Gasteiger partial charge in [-0.05, 0) is 55.2 Å². The van der Waals surface area contributed by atoms with E-state index in [2.05, 4.69) is 64.6 Å². The van der Waals surface area contributed by atoms with E-state index in [1.54, 1.807) is 0 Å². The molecule has 18 heavy (non-hydrogen) atoms. The summed E-state index contributed by atoms with van der Waals surface area (Å²) in [4.78, 5) is 2.10. The van der Waals surface area contributed by atoms with Crippen molar-refractivity contribution in [3.05, 3.63) is 57.8 Å². The van der Waals surface area contributed by atoms with Gasteiger partial charge in [-0.15, -0.1) is 11.3 Å². The Kier molecular flexibility index (Phi) is 5.45. The van der Waals surface area contributed by atoms with Crippen molar-refractivity contribution < 1.29 is 0 Å². The smallest absolute Gasteiger partial charge is 0.0186 e. The molecule has 0 nitrogen and oxygen atoms in total. The fourth-order valence-corrected chi connectivity index (χ4v) is 3.56. The van der Waals surface area contributed by atoms with Crippen molar-refractivity contribution in [1.82, 2.24) is 0 Å². The Hall–Kier alpha value is -0.600. The predicted octanol–water partition coefficient (Wildman–Crippen LogP) is 5.39. The molecule has 0 amide bonds. The fraction of sp³-hybridized carbons (Fsp3) is 0.375. The minimum Gasteiger partial charge on any atom is -0.149 e. The lowest BCUT2D eigenvalue weighted by molar-refractivity contribution is 0.703. The van der Waals surface area contributed by atoms with Crippen molar-refractivity contribution in [2.45, 2.75) is 37.4 Å². The van der Waals surface area contributed by atoms with Gasteiger partial charge in [-0.3, -0.25) is 0 Å². The molecule has 0 saturated carbocycles. The summed E-state index contributed by atoms with van der Waals surface area (Å²) in [6.07, 6.45) is 4.86. The van der Waals surface area contributed by atoms with Gasteiger partial charge in [0.25, 0.3) is 0 Å². The molecule has 0 aliphatic rings. The van der Waals surface area contributed by atoms with E-state index in [0.717, 1.165) is 6.42 Å². The SMILES string of the molecule is Cc1ccccc1CC(Br)CCCc1cccs1. The number of rotatable bonds is 6. The van der Waals surface area contributed by atoms with E-state index in [4.69, 9.17) is 0 Å². The van der Waals surface area contributed by atoms with Crippen LogP contribution >= 0.6 is 27.3 Å². The van der Waals surface area contributed by atoms with Crippen LogP contribution in [0.4, 0.5) is 0 Å². The number of benzene rings is 1. The van der Waals surface area contributed by atoms with Gasteiger partial charge < -0.3 is 0 Å². The van der Waals surface area contributed by atoms with E-state index in [-0.39, 0.29) is 0 Å². The van der Waals surface area contributed by atoms with E-state index in [9.17, 15) is 0 Å². The lowest BCUT2D eigenvalue weighted by Crippen LogP contribution is -2.04. The van der Waals surface area contributed by atoms with Gasteiger partial charge in [0.2, 0.25) is 0 Å². The molecule has 2 rings (SSSR count). The summed E-state index contributed by atoms with van der Waals surface area (Å²) in [5, 5.41) is 2.16. The minimum atomic E-state index is 0.596. The average Bonchev–Trinajstić information content (AvgIpc) is 2.85. The summed E-state index contributed by atoms with van der Waals surface area (Å²) in [5.41, 5.74) is 2.87. The van der Waals surface area contributed by atoms with Crippen LogP contribution in [-0.4, -0.2) is 4.83 Å². The Morgan fingerprint density at radius 2 is 2.00 bits per heavy atom. The first kappa shape index (κ1) is 13.8. The molecule has 0 aliphatic heterocycles. The van der Waals surface area contributed by atoms with Gasteiger partial charge in [-0.25, -0.2) is 0 Å². The van der Waals surface area contributed by atoms with Crippen LogP contribution in [0.25, 0.3) is 0 Å². The second-order valence-corrected chi connectivity index (χ2v) is 7.03. The van der Waals surface area contributed by atoms with Crippen molar-refractivity contribution in [3.63, 3.8) is 0 Å². The van der Waals surface area contributed by atoms with Crippen molar-refractivity contribution in [1.29, 1.82) is 0 Å². The number of thiophene rings is 1. The van der Waals surface area contributed by atoms with Gasteiger partial charge in [-0.1, -0.05) is 46.3 Å². The van der Waals surface area contributed by atoms with Crippen molar-refractivity contribution in [3.8, 4) is 0 Å². The highest BCUT2D eigenvalue weighted by molar-refractivity contribution is 9.09. The molecule has 0 N–H and O–H groups in total. The Balaban J connectivity index is 1.75. The van der Waals surface area contributed by atoms with Gasteiger partial charge in [0.15, 0.2) is 0 Å². The maximum Gasteiger partial charge on any atom is 0.0186 e. The molecule has 0 saturated heterocycles. The molecular formula is C16H19BrS. The Morgan fingerprint density at radius 1 is 1.17 bits per heavy atom. The molecule has 0 bridgehead atoms. The van der Waals surface area contributed by atoms with E-state index in [0.29, 0.717) is 4.83 Å². The molecule has 0 radical (unpaired) electrons. The van der Waals surface area contributed by atoms with Gasteiger partial charge in [-0.2, -0.15) is 0 Å². The second kappa shape index (κ2) is 7.10. The summed E-state index contributed by atoms with van der Waals surface area (Å²) in [7, 11) is 0. The maximum absolute atomic E-state index is 3.82. The second-order valence-electron chi connectivity index (χ2n) is 4.70. The molecular weight excluding hydrogens is 304 g/mol. The van der Waals surface area contributed by atoms with E-state index < -0.39 is 0 Å². The molecule has 0 fully saturated rings. The Labute approximate surface area is 122 Å². The minimum absolute atomic E-state index is 0.596. The van der Waals surface area contributed by atoms with E-state index >= 15 is 0 Å². The van der Waals surface area contributed by atoms with Crippen LogP contribution in [0.2, 0.25) is 0 Å². The van der Waals surface area contributed by atoms with Crippen molar-refractivity contribution in [2.24, 2.45) is 0 Å². The first-order valence-corrected chi connectivity index (χ1v) is 8.26. The molecule has 2 aromatic rings. The van der Waals surface area contributed by atoms with Crippen LogP contribution in [0.3, 0.4) is 0 Å². The lowest BCUT2D eigenvalue weighted by Gasteiger charge is -2.11. The number of hydrogen-bond acceptors (Lipinski definition) is 1. The lowest BCUT2D eigenvalue weighted by atomic mass is 10.0. The zero-order valence-electron chi connectivity index (χ0n) is 10.7. The van der Waals surface area contributed by atoms with Gasteiger partial charge in [0, 0.05) is 9.70 Å². The molecule has 1 aromatic heterocycles. The summed E-state index contributed by atoms with van der Waals surface area (Å²) in [6, 6.07) is 13.0.